The number of phenolic OH excluding ortho intramolecular Hbond substituents is 1. The number of carbonyl (C=O) groups is 2. The number of hydrogen-bond acceptors (Lipinski definition) is 8. The summed E-state index contributed by atoms with van der Waals surface area (Å²) in [6.45, 7) is 1.43. The molecule has 35 heavy (non-hydrogen) atoms. The van der Waals surface area contributed by atoms with Crippen LogP contribution in [0.25, 0.3) is 5.76 Å². The van der Waals surface area contributed by atoms with Crippen molar-refractivity contribution in [2.24, 2.45) is 0 Å². The zero-order chi connectivity index (χ0) is 25.2. The molecule has 0 bridgehead atoms. The highest BCUT2D eigenvalue weighted by atomic mass is 32.2. The normalized spacial score (nSPS) is 20.9. The number of aliphatic hydroxyl groups is 1. The second kappa shape index (κ2) is 10.2. The van der Waals surface area contributed by atoms with Gasteiger partial charge in [-0.3, -0.25) is 9.59 Å². The number of ether oxygens (including phenoxy) is 2. The molecule has 4 rings (SSSR count). The lowest BCUT2D eigenvalue weighted by atomic mass is 9.95. The molecule has 2 fully saturated rings. The van der Waals surface area contributed by atoms with E-state index in [1.54, 1.807) is 12.1 Å². The van der Waals surface area contributed by atoms with Gasteiger partial charge in [0.2, 0.25) is 10.0 Å². The third kappa shape index (κ3) is 4.80. The Morgan fingerprint density at radius 3 is 2.29 bits per heavy atom. The number of Topliss-reactive ketones (excluding diaryl/α,β-unsaturated/α-hetero) is 1. The highest BCUT2D eigenvalue weighted by Gasteiger charge is 2.45. The zero-order valence-corrected chi connectivity index (χ0v) is 19.9. The van der Waals surface area contributed by atoms with Crippen LogP contribution < -0.4 is 0 Å². The molecule has 2 heterocycles. The summed E-state index contributed by atoms with van der Waals surface area (Å²) in [6, 6.07) is 10.6. The number of nitrogens with zero attached hydrogens (tertiary/aromatic N) is 2. The lowest BCUT2D eigenvalue weighted by molar-refractivity contribution is -0.140. The number of benzene rings is 2. The number of sulfonamides is 1. The first-order chi connectivity index (χ1) is 16.8. The number of likely N-dealkylation sites (tertiary alicyclic amines) is 1. The van der Waals surface area contributed by atoms with Gasteiger partial charge >= 0.3 is 0 Å². The molecular formula is C24H26N2O8S. The molecule has 10 nitrogen and oxygen atoms in total. The van der Waals surface area contributed by atoms with E-state index in [4.69, 9.17) is 9.47 Å². The molecule has 2 aliphatic heterocycles. The van der Waals surface area contributed by atoms with E-state index in [-0.39, 0.29) is 48.0 Å². The quantitative estimate of drug-likeness (QED) is 0.330. The van der Waals surface area contributed by atoms with Gasteiger partial charge in [0.25, 0.3) is 11.7 Å². The Kier molecular flexibility index (Phi) is 7.22. The number of ketones is 1. The number of morpholine rings is 1. The summed E-state index contributed by atoms with van der Waals surface area (Å²) < 4.78 is 37.4. The van der Waals surface area contributed by atoms with Crippen LogP contribution >= 0.6 is 0 Å². The summed E-state index contributed by atoms with van der Waals surface area (Å²) in [5.74, 6) is -2.05. The van der Waals surface area contributed by atoms with Crippen molar-refractivity contribution in [2.45, 2.75) is 10.9 Å². The van der Waals surface area contributed by atoms with Gasteiger partial charge in [0.05, 0.1) is 36.3 Å². The fraction of sp³-hybridized carbons (Fsp3) is 0.333. The van der Waals surface area contributed by atoms with Gasteiger partial charge in [-0.05, 0) is 42.0 Å². The third-order valence-corrected chi connectivity index (χ3v) is 7.93. The average Bonchev–Trinajstić information content (AvgIpc) is 3.13. The fourth-order valence-electron chi connectivity index (χ4n) is 4.18. The molecule has 2 saturated heterocycles. The number of hydrogen-bond donors (Lipinski definition) is 2. The predicted molar refractivity (Wildman–Crippen MR) is 125 cm³/mol. The summed E-state index contributed by atoms with van der Waals surface area (Å²) in [4.78, 5) is 27.1. The second-order valence-electron chi connectivity index (χ2n) is 8.12. The number of aromatic hydroxyl groups is 1. The SMILES string of the molecule is COCCN1C(=O)C(=O)/C(=C(\O)c2ccc(S(=O)(=O)N3CCOCC3)cc2)C1c1ccc(O)cc1. The van der Waals surface area contributed by atoms with E-state index in [0.717, 1.165) is 0 Å². The van der Waals surface area contributed by atoms with Gasteiger partial charge in [-0.15, -0.1) is 0 Å². The standard InChI is InChI=1S/C24H26N2O8S/c1-33-13-12-26-21(16-2-6-18(27)7-3-16)20(23(29)24(26)30)22(28)17-4-8-19(9-5-17)35(31,32)25-10-14-34-15-11-25/h2-9,21,27-28H,10-15H2,1H3/b22-20-. The Bertz CT molecular complexity index is 1230. The molecule has 186 valence electrons. The van der Waals surface area contributed by atoms with Gasteiger partial charge in [0.15, 0.2) is 0 Å². The average molecular weight is 503 g/mol. The van der Waals surface area contributed by atoms with E-state index in [1.165, 1.54) is 52.7 Å². The first-order valence-corrected chi connectivity index (χ1v) is 12.4. The first-order valence-electron chi connectivity index (χ1n) is 11.0. The van der Waals surface area contributed by atoms with Crippen molar-refractivity contribution in [1.29, 1.82) is 0 Å². The molecule has 2 aromatic rings. The van der Waals surface area contributed by atoms with Crippen LogP contribution in [0.15, 0.2) is 59.0 Å². The summed E-state index contributed by atoms with van der Waals surface area (Å²) in [7, 11) is -2.26. The summed E-state index contributed by atoms with van der Waals surface area (Å²) in [5, 5.41) is 20.8. The highest BCUT2D eigenvalue weighted by Crippen LogP contribution is 2.39. The molecule has 0 aliphatic carbocycles. The topological polar surface area (TPSA) is 134 Å². The maximum Gasteiger partial charge on any atom is 0.295 e. The maximum atomic E-state index is 13.0. The van der Waals surface area contributed by atoms with Crippen molar-refractivity contribution in [3.05, 3.63) is 65.2 Å². The molecule has 1 atom stereocenters. The lowest BCUT2D eigenvalue weighted by Crippen LogP contribution is -2.40. The Morgan fingerprint density at radius 2 is 1.69 bits per heavy atom. The van der Waals surface area contributed by atoms with Gasteiger partial charge in [-0.1, -0.05) is 12.1 Å². The van der Waals surface area contributed by atoms with Crippen molar-refractivity contribution in [1.82, 2.24) is 9.21 Å². The van der Waals surface area contributed by atoms with Crippen LogP contribution in [0, 0.1) is 0 Å². The monoisotopic (exact) mass is 502 g/mol. The van der Waals surface area contributed by atoms with Gasteiger partial charge in [0.1, 0.15) is 11.5 Å². The number of aliphatic hydroxyl groups excluding tert-OH is 1. The number of phenols is 1. The van der Waals surface area contributed by atoms with Gasteiger partial charge in [-0.2, -0.15) is 4.31 Å². The van der Waals surface area contributed by atoms with Crippen LogP contribution in [0.1, 0.15) is 17.2 Å². The second-order valence-corrected chi connectivity index (χ2v) is 10.1. The van der Waals surface area contributed by atoms with Crippen LogP contribution in [0.4, 0.5) is 0 Å². The molecule has 2 aliphatic rings. The number of methoxy groups -OCH3 is 1. The molecule has 0 aromatic heterocycles. The largest absolute Gasteiger partial charge is 0.508 e. The Morgan fingerprint density at radius 1 is 1.06 bits per heavy atom. The molecule has 0 radical (unpaired) electrons. The summed E-state index contributed by atoms with van der Waals surface area (Å²) >= 11 is 0. The van der Waals surface area contributed by atoms with E-state index in [0.29, 0.717) is 18.8 Å². The smallest absolute Gasteiger partial charge is 0.295 e. The minimum atomic E-state index is -3.73. The van der Waals surface area contributed by atoms with E-state index >= 15 is 0 Å². The van der Waals surface area contributed by atoms with E-state index in [2.05, 4.69) is 0 Å². The first kappa shape index (κ1) is 24.9. The van der Waals surface area contributed by atoms with Crippen LogP contribution in [0.5, 0.6) is 5.75 Å². The predicted octanol–water partition coefficient (Wildman–Crippen LogP) is 1.48. The molecule has 1 unspecified atom stereocenters. The molecule has 1 amide bonds. The van der Waals surface area contributed by atoms with Gasteiger partial charge in [-0.25, -0.2) is 8.42 Å². The minimum Gasteiger partial charge on any atom is -0.508 e. The fourth-order valence-corrected chi connectivity index (χ4v) is 5.59. The van der Waals surface area contributed by atoms with Gasteiger partial charge < -0.3 is 24.6 Å². The van der Waals surface area contributed by atoms with E-state index in [9.17, 15) is 28.2 Å². The zero-order valence-electron chi connectivity index (χ0n) is 19.1. The van der Waals surface area contributed by atoms with E-state index < -0.39 is 33.5 Å². The number of carbonyl (C=O) groups excluding carboxylic acids is 2. The number of amides is 1. The lowest BCUT2D eigenvalue weighted by Gasteiger charge is -2.26. The summed E-state index contributed by atoms with van der Waals surface area (Å²) in [5.41, 5.74) is 0.589. The van der Waals surface area contributed by atoms with Crippen molar-refractivity contribution in [2.75, 3.05) is 46.6 Å². The van der Waals surface area contributed by atoms with Crippen molar-refractivity contribution < 1.29 is 37.7 Å². The maximum absolute atomic E-state index is 13.0. The Labute approximate surface area is 203 Å². The third-order valence-electron chi connectivity index (χ3n) is 6.02. The number of rotatable bonds is 7. The highest BCUT2D eigenvalue weighted by molar-refractivity contribution is 7.89. The van der Waals surface area contributed by atoms with Crippen LogP contribution in [-0.2, 0) is 29.1 Å². The molecule has 2 aromatic carbocycles. The minimum absolute atomic E-state index is 0.0136. The van der Waals surface area contributed by atoms with E-state index in [1.807, 2.05) is 0 Å². The summed E-state index contributed by atoms with van der Waals surface area (Å²) in [6.07, 6.45) is 0. The van der Waals surface area contributed by atoms with Crippen LogP contribution in [0.3, 0.4) is 0 Å². The molecule has 2 N–H and O–H groups in total. The van der Waals surface area contributed by atoms with Gasteiger partial charge in [0, 0.05) is 32.3 Å². The van der Waals surface area contributed by atoms with Crippen LogP contribution in [-0.4, -0.2) is 86.1 Å². The molecule has 0 saturated carbocycles. The molecule has 11 heteroatoms. The van der Waals surface area contributed by atoms with Crippen LogP contribution in [0.2, 0.25) is 0 Å². The van der Waals surface area contributed by atoms with Crippen molar-refractivity contribution in [3.8, 4) is 5.75 Å². The molecule has 0 spiro atoms. The molecular weight excluding hydrogens is 476 g/mol. The van der Waals surface area contributed by atoms with Crippen molar-refractivity contribution >= 4 is 27.5 Å². The Hall–Kier alpha value is -3.25. The van der Waals surface area contributed by atoms with Crippen molar-refractivity contribution in [3.63, 3.8) is 0 Å². The Balaban J connectivity index is 1.73.